The predicted octanol–water partition coefficient (Wildman–Crippen LogP) is -5.95. The fourth-order valence-corrected chi connectivity index (χ4v) is 3.18. The molecule has 29 N–H and O–H groups in total. The first-order chi connectivity index (χ1) is 42.5. The summed E-state index contributed by atoms with van der Waals surface area (Å²) in [4.78, 5) is 175. The number of aliphatic carboxylic acids is 18. The molecule has 94 heavy (non-hydrogen) atoms. The number of nitrogens with zero attached hydrogens (tertiary/aromatic N) is 3. The van der Waals surface area contributed by atoms with Crippen LogP contribution in [-0.2, 0) is 86.3 Å². The molecule has 0 aromatic carbocycles. The summed E-state index contributed by atoms with van der Waals surface area (Å²) in [5, 5.41) is 150. The first-order valence-corrected chi connectivity index (χ1v) is 25.3. The number of nitrogens with one attached hydrogen (secondary N) is 3. The molecule has 0 heterocycles. The van der Waals surface area contributed by atoms with E-state index in [0.717, 1.165) is 130 Å². The van der Waals surface area contributed by atoms with Gasteiger partial charge in [0, 0.05) is 155 Å². The van der Waals surface area contributed by atoms with E-state index in [1.165, 1.54) is 0 Å². The van der Waals surface area contributed by atoms with Gasteiger partial charge in [0.05, 0.1) is 45.8 Å². The quantitative estimate of drug-likeness (QED) is 0.0324. The van der Waals surface area contributed by atoms with Crippen molar-refractivity contribution in [2.24, 2.45) is 22.9 Å². The third-order valence-corrected chi connectivity index (χ3v) is 5.01. The lowest BCUT2D eigenvalue weighted by Gasteiger charge is -2.23. The van der Waals surface area contributed by atoms with Gasteiger partial charge in [0.2, 0.25) is 0 Å². The monoisotopic (exact) mass is 1390 g/mol. The Labute approximate surface area is 538 Å². The van der Waals surface area contributed by atoms with E-state index in [-0.39, 0.29) is 13.1 Å². The topological polar surface area (TPSA) is 821 Å². The third-order valence-electron chi connectivity index (χ3n) is 5.01. The van der Waals surface area contributed by atoms with Gasteiger partial charge in [0.15, 0.2) is 0 Å². The molecule has 0 fully saturated rings. The highest BCUT2D eigenvalue weighted by atomic mass is 16.4. The molecule has 0 aliphatic rings. The fourth-order valence-electron chi connectivity index (χ4n) is 3.18. The molecule has 0 spiro atoms. The van der Waals surface area contributed by atoms with E-state index in [9.17, 15) is 33.6 Å². The normalized spacial score (nSPS) is 8.36. The Balaban J connectivity index is -0.0000000576. The number of carboxylic acid groups (broad SMARTS) is 18. The van der Waals surface area contributed by atoms with Gasteiger partial charge in [-0.1, -0.05) is 0 Å². The summed E-state index contributed by atoms with van der Waals surface area (Å²) in [6, 6.07) is 0. The highest BCUT2D eigenvalue weighted by Gasteiger charge is 2.18. The molecule has 0 atom stereocenters. The summed E-state index contributed by atoms with van der Waals surface area (Å²) >= 11 is 0. The molecule has 0 saturated carbocycles. The number of rotatable bonds is 28. The third kappa shape index (κ3) is 465. The maximum Gasteiger partial charge on any atom is 0.317 e. The second-order valence-electron chi connectivity index (χ2n) is 15.4. The van der Waals surface area contributed by atoms with Crippen molar-refractivity contribution in [3.05, 3.63) is 0 Å². The maximum absolute atomic E-state index is 10.6. The van der Waals surface area contributed by atoms with Crippen LogP contribution in [0.2, 0.25) is 0 Å². The standard InChI is InChI=1S/C10H16N2O8.C6H18N4.C6H9NO6.C4H13N3.11C2H4O2/c13-7(14)3-11(4-8(15)16)1-2-12(5-9(17)18)6-10(19)20;7-1-3-9-5-6-10-4-2-8;8-4(9)1-7(2-5(10)11)3-6(12)13;5-1-3-7-4-2-6;11*1-2(3)4/h1-6H2,(H,13,14)(H,15,16)(H,17,18)(H,19,20);9-10H,1-8H2;1-3H2,(H,8,9)(H,10,11)(H,12,13);7H,1-6H2;11*1H3,(H,3,4). The molecule has 0 aromatic heterocycles. The molecule has 0 radical (unpaired) electrons. The molecule has 0 rings (SSSR count). The van der Waals surface area contributed by atoms with Crippen molar-refractivity contribution < 1.29 is 178 Å². The largest absolute Gasteiger partial charge is 0.481 e. The lowest BCUT2D eigenvalue weighted by Crippen LogP contribution is -2.43. The highest BCUT2D eigenvalue weighted by Crippen LogP contribution is 1.94. The average Bonchev–Trinajstić information content (AvgIpc) is 1.46. The van der Waals surface area contributed by atoms with Crippen LogP contribution < -0.4 is 38.9 Å². The second kappa shape index (κ2) is 99.3. The van der Waals surface area contributed by atoms with Crippen molar-refractivity contribution in [3.63, 3.8) is 0 Å². The van der Waals surface area contributed by atoms with Crippen molar-refractivity contribution >= 4 is 107 Å². The van der Waals surface area contributed by atoms with Crippen molar-refractivity contribution in [3.8, 4) is 0 Å². The summed E-state index contributed by atoms with van der Waals surface area (Å²) in [5.41, 5.74) is 20.9. The van der Waals surface area contributed by atoms with Gasteiger partial charge in [-0.05, 0) is 0 Å². The molecule has 0 amide bonds. The zero-order valence-corrected chi connectivity index (χ0v) is 54.0. The van der Waals surface area contributed by atoms with Crippen LogP contribution >= 0.6 is 0 Å². The summed E-state index contributed by atoms with van der Waals surface area (Å²) in [6.07, 6.45) is 0. The Morgan fingerprint density at radius 1 is 0.213 bits per heavy atom. The lowest BCUT2D eigenvalue weighted by molar-refractivity contribution is -0.146. The number of carbonyl (C=O) groups is 18. The molecule has 0 bridgehead atoms. The van der Waals surface area contributed by atoms with E-state index >= 15 is 0 Å². The van der Waals surface area contributed by atoms with Crippen molar-refractivity contribution in [1.82, 2.24) is 30.7 Å². The van der Waals surface area contributed by atoms with Crippen LogP contribution in [0.5, 0.6) is 0 Å². The van der Waals surface area contributed by atoms with E-state index < -0.39 is 153 Å². The molecule has 558 valence electrons. The molecular weight excluding hydrogens is 1290 g/mol. The van der Waals surface area contributed by atoms with Crippen molar-refractivity contribution in [2.45, 2.75) is 76.2 Å². The number of nitrogens with two attached hydrogens (primary N) is 4. The van der Waals surface area contributed by atoms with Crippen molar-refractivity contribution in [2.75, 3.05) is 124 Å². The van der Waals surface area contributed by atoms with Crippen LogP contribution in [-0.4, -0.2) is 338 Å². The number of hydrogen-bond donors (Lipinski definition) is 25. The smallest absolute Gasteiger partial charge is 0.317 e. The molecular formula is C48H100N10O36. The van der Waals surface area contributed by atoms with Crippen LogP contribution in [0.1, 0.15) is 76.2 Å². The van der Waals surface area contributed by atoms with Crippen LogP contribution in [0.4, 0.5) is 0 Å². The van der Waals surface area contributed by atoms with Gasteiger partial charge >= 0.3 is 41.8 Å². The number of carboxylic acids is 18. The minimum absolute atomic E-state index is 0.0703. The summed E-state index contributed by atoms with van der Waals surface area (Å²) in [7, 11) is 0. The molecule has 0 aromatic rings. The van der Waals surface area contributed by atoms with Crippen LogP contribution in [0.25, 0.3) is 0 Å². The molecule has 0 unspecified atom stereocenters. The Bertz CT molecular complexity index is 1650. The van der Waals surface area contributed by atoms with Gasteiger partial charge in [-0.3, -0.25) is 101 Å². The molecule has 0 aliphatic heterocycles. The fraction of sp³-hybridized carbons (Fsp3) is 0.625. The first kappa shape index (κ1) is 122. The van der Waals surface area contributed by atoms with Gasteiger partial charge in [-0.15, -0.1) is 0 Å². The Kier molecular flexibility index (Phi) is 128. The van der Waals surface area contributed by atoms with Gasteiger partial charge in [0.25, 0.3) is 65.7 Å². The van der Waals surface area contributed by atoms with Gasteiger partial charge in [-0.25, -0.2) is 0 Å². The van der Waals surface area contributed by atoms with Crippen LogP contribution in [0.3, 0.4) is 0 Å². The summed E-state index contributed by atoms with van der Waals surface area (Å²) in [5.74, 6) is -17.9. The van der Waals surface area contributed by atoms with Crippen LogP contribution in [0, 0.1) is 0 Å². The Hall–Kier alpha value is -9.94. The van der Waals surface area contributed by atoms with E-state index in [4.69, 9.17) is 168 Å². The zero-order valence-electron chi connectivity index (χ0n) is 54.0. The van der Waals surface area contributed by atoms with E-state index in [2.05, 4.69) is 16.0 Å². The van der Waals surface area contributed by atoms with Gasteiger partial charge in [0.1, 0.15) is 0 Å². The SMILES string of the molecule is CC(=O)O.CC(=O)O.CC(=O)O.CC(=O)O.CC(=O)O.CC(=O)O.CC(=O)O.CC(=O)O.CC(=O)O.CC(=O)O.CC(=O)O.NCCNCCN.NCCNCCNCCN.O=C(O)CN(CC(=O)O)CC(=O)O.O=C(O)CN(CCN(CC(=O)O)CC(=O)O)CC(=O)O. The van der Waals surface area contributed by atoms with E-state index in [1.807, 2.05) is 0 Å². The van der Waals surface area contributed by atoms with E-state index in [1.54, 1.807) is 0 Å². The molecule has 0 saturated heterocycles. The minimum atomic E-state index is -1.26. The van der Waals surface area contributed by atoms with Crippen LogP contribution in [0.15, 0.2) is 0 Å². The predicted molar refractivity (Wildman–Crippen MR) is 324 cm³/mol. The van der Waals surface area contributed by atoms with E-state index in [0.29, 0.717) is 26.2 Å². The van der Waals surface area contributed by atoms with Gasteiger partial charge in [-0.2, -0.15) is 0 Å². The summed E-state index contributed by atoms with van der Waals surface area (Å²) in [6.45, 7) is 16.1. The lowest BCUT2D eigenvalue weighted by atomic mass is 10.4. The maximum atomic E-state index is 10.6. The molecule has 46 heteroatoms. The summed E-state index contributed by atoms with van der Waals surface area (Å²) < 4.78 is 0. The first-order valence-electron chi connectivity index (χ1n) is 25.3. The Morgan fingerprint density at radius 3 is 0.404 bits per heavy atom. The number of hydrogen-bond acceptors (Lipinski definition) is 28. The minimum Gasteiger partial charge on any atom is -0.481 e. The van der Waals surface area contributed by atoms with Crippen molar-refractivity contribution in [1.29, 1.82) is 0 Å². The van der Waals surface area contributed by atoms with Gasteiger partial charge < -0.3 is 131 Å². The highest BCUT2D eigenvalue weighted by molar-refractivity contribution is 5.76. The average molecular weight is 1390 g/mol. The zero-order chi connectivity index (χ0) is 78.7. The Morgan fingerprint density at radius 2 is 0.309 bits per heavy atom. The molecule has 46 nitrogen and oxygen atoms in total. The second-order valence-corrected chi connectivity index (χ2v) is 15.4. The molecule has 0 aliphatic carbocycles.